The van der Waals surface area contributed by atoms with E-state index in [1.165, 1.54) is 17.5 Å². The molecule has 1 saturated heterocycles. The summed E-state index contributed by atoms with van der Waals surface area (Å²) in [6.07, 6.45) is 8.89. The van der Waals surface area contributed by atoms with Crippen molar-refractivity contribution in [1.82, 2.24) is 29.9 Å². The molecule has 0 unspecified atom stereocenters. The first kappa shape index (κ1) is 22.5. The largest absolute Gasteiger partial charge is 0.494 e. The molecule has 0 bridgehead atoms. The van der Waals surface area contributed by atoms with Crippen LogP contribution in [0, 0.1) is 5.92 Å². The summed E-state index contributed by atoms with van der Waals surface area (Å²) in [7, 11) is 1.68. The number of methoxy groups -OCH3 is 1. The highest BCUT2D eigenvalue weighted by molar-refractivity contribution is 5.93. The van der Waals surface area contributed by atoms with Crippen LogP contribution in [-0.2, 0) is 17.6 Å². The lowest BCUT2D eigenvalue weighted by molar-refractivity contribution is -0.141. The SMILES string of the molecule is COc1cc2[nH]nc(-c3cnn([C@H]4CCN(C(=O)[C@H]5C[C@@H](O)C5)C4)c3)c2nc1-c1cccc2c1CCC2. The number of aliphatic hydroxyl groups excluding tert-OH is 1. The molecule has 9 nitrogen and oxygen atoms in total. The van der Waals surface area contributed by atoms with Crippen molar-refractivity contribution in [2.75, 3.05) is 20.2 Å². The number of carbonyl (C=O) groups excluding carboxylic acids is 1. The van der Waals surface area contributed by atoms with E-state index in [1.54, 1.807) is 7.11 Å². The molecule has 190 valence electrons. The lowest BCUT2D eigenvalue weighted by atomic mass is 9.81. The Balaban J connectivity index is 1.19. The molecular formula is C28H30N6O3. The van der Waals surface area contributed by atoms with Gasteiger partial charge >= 0.3 is 0 Å². The second-order valence-electron chi connectivity index (χ2n) is 10.6. The highest BCUT2D eigenvalue weighted by Gasteiger charge is 2.38. The van der Waals surface area contributed by atoms with Crippen LogP contribution in [0.1, 0.15) is 42.9 Å². The van der Waals surface area contributed by atoms with Crippen molar-refractivity contribution in [3.05, 3.63) is 47.8 Å². The maximum Gasteiger partial charge on any atom is 0.225 e. The molecule has 3 aliphatic rings. The van der Waals surface area contributed by atoms with E-state index < -0.39 is 0 Å². The zero-order valence-corrected chi connectivity index (χ0v) is 20.9. The summed E-state index contributed by atoms with van der Waals surface area (Å²) in [6, 6.07) is 8.56. The van der Waals surface area contributed by atoms with Crippen molar-refractivity contribution in [1.29, 1.82) is 0 Å². The first-order chi connectivity index (χ1) is 18.1. The van der Waals surface area contributed by atoms with E-state index in [4.69, 9.17) is 9.72 Å². The Labute approximate surface area is 214 Å². The van der Waals surface area contributed by atoms with Crippen LogP contribution in [0.4, 0.5) is 0 Å². The van der Waals surface area contributed by atoms with Crippen LogP contribution < -0.4 is 4.74 Å². The van der Waals surface area contributed by atoms with Crippen LogP contribution in [-0.4, -0.2) is 67.2 Å². The molecule has 37 heavy (non-hydrogen) atoms. The van der Waals surface area contributed by atoms with Gasteiger partial charge in [-0.3, -0.25) is 14.6 Å². The number of aromatic nitrogens is 5. The van der Waals surface area contributed by atoms with E-state index in [9.17, 15) is 9.90 Å². The number of hydrogen-bond acceptors (Lipinski definition) is 6. The van der Waals surface area contributed by atoms with Gasteiger partial charge in [0.05, 0.1) is 31.0 Å². The lowest BCUT2D eigenvalue weighted by Gasteiger charge is -2.33. The number of ether oxygens (including phenoxy) is 1. The number of aryl methyl sites for hydroxylation is 1. The number of benzene rings is 1. The van der Waals surface area contributed by atoms with Crippen molar-refractivity contribution >= 4 is 16.9 Å². The molecule has 2 fully saturated rings. The minimum absolute atomic E-state index is 0.0274. The number of nitrogens with zero attached hydrogens (tertiary/aromatic N) is 5. The monoisotopic (exact) mass is 498 g/mol. The summed E-state index contributed by atoms with van der Waals surface area (Å²) in [6.45, 7) is 1.37. The number of fused-ring (bicyclic) bond motifs is 2. The second-order valence-corrected chi connectivity index (χ2v) is 10.6. The van der Waals surface area contributed by atoms with Gasteiger partial charge in [0, 0.05) is 42.4 Å². The molecule has 1 saturated carbocycles. The third-order valence-electron chi connectivity index (χ3n) is 8.31. The molecule has 2 aliphatic carbocycles. The Hall–Kier alpha value is -3.72. The molecule has 0 spiro atoms. The fourth-order valence-corrected chi connectivity index (χ4v) is 6.19. The molecule has 0 radical (unpaired) electrons. The molecule has 3 aromatic heterocycles. The summed E-state index contributed by atoms with van der Waals surface area (Å²) in [5.41, 5.74) is 7.98. The predicted molar refractivity (Wildman–Crippen MR) is 138 cm³/mol. The maximum absolute atomic E-state index is 12.7. The van der Waals surface area contributed by atoms with Crippen molar-refractivity contribution in [3.63, 3.8) is 0 Å². The van der Waals surface area contributed by atoms with E-state index in [1.807, 2.05) is 28.0 Å². The van der Waals surface area contributed by atoms with Crippen LogP contribution in [0.3, 0.4) is 0 Å². The van der Waals surface area contributed by atoms with E-state index >= 15 is 0 Å². The topological polar surface area (TPSA) is 109 Å². The fourth-order valence-electron chi connectivity index (χ4n) is 6.19. The standard InChI is InChI=1S/C28H30N6O3/c1-37-24-12-23-27(30-26(24)22-7-3-5-16-4-2-6-21(16)22)25(32-31-23)18-13-29-34(14-18)19-8-9-33(15-19)28(36)17-10-20(35)11-17/h3,5,7,12-14,17,19-20,35H,2,4,6,8-11,15H2,1H3,(H,31,32)/t17-,19-,20+/m0/s1. The summed E-state index contributed by atoms with van der Waals surface area (Å²) in [5.74, 6) is 0.866. The molecule has 4 aromatic rings. The molecule has 1 atom stereocenters. The Bertz CT molecular complexity index is 1500. The van der Waals surface area contributed by atoms with E-state index in [-0.39, 0.29) is 24.0 Å². The van der Waals surface area contributed by atoms with Gasteiger partial charge in [-0.25, -0.2) is 4.98 Å². The van der Waals surface area contributed by atoms with Crippen LogP contribution in [0.5, 0.6) is 5.75 Å². The summed E-state index contributed by atoms with van der Waals surface area (Å²) < 4.78 is 7.70. The van der Waals surface area contributed by atoms with Gasteiger partial charge in [0.2, 0.25) is 5.91 Å². The van der Waals surface area contributed by atoms with Gasteiger partial charge in [0.1, 0.15) is 22.7 Å². The fraction of sp³-hybridized carbons (Fsp3) is 0.429. The summed E-state index contributed by atoms with van der Waals surface area (Å²) in [5, 5.41) is 21.9. The van der Waals surface area contributed by atoms with Crippen molar-refractivity contribution in [3.8, 4) is 28.3 Å². The number of H-pyrrole nitrogens is 1. The van der Waals surface area contributed by atoms with Gasteiger partial charge < -0.3 is 14.7 Å². The van der Waals surface area contributed by atoms with Gasteiger partial charge in [-0.15, -0.1) is 0 Å². The van der Waals surface area contributed by atoms with Gasteiger partial charge in [-0.05, 0) is 49.7 Å². The third kappa shape index (κ3) is 3.71. The highest BCUT2D eigenvalue weighted by Crippen LogP contribution is 2.39. The number of likely N-dealkylation sites (tertiary alicyclic amines) is 1. The van der Waals surface area contributed by atoms with Crippen LogP contribution >= 0.6 is 0 Å². The minimum atomic E-state index is -0.318. The maximum atomic E-state index is 12.7. The van der Waals surface area contributed by atoms with Crippen molar-refractivity contribution in [2.45, 2.75) is 50.7 Å². The molecule has 1 aliphatic heterocycles. The number of nitrogens with one attached hydrogen (secondary N) is 1. The Morgan fingerprint density at radius 3 is 2.95 bits per heavy atom. The number of hydrogen-bond donors (Lipinski definition) is 2. The molecule has 4 heterocycles. The van der Waals surface area contributed by atoms with Crippen molar-refractivity contribution < 1.29 is 14.6 Å². The molecule has 1 aromatic carbocycles. The van der Waals surface area contributed by atoms with E-state index in [0.717, 1.165) is 65.1 Å². The third-order valence-corrected chi connectivity index (χ3v) is 8.31. The van der Waals surface area contributed by atoms with Gasteiger partial charge in [-0.2, -0.15) is 10.2 Å². The smallest absolute Gasteiger partial charge is 0.225 e. The molecule has 7 rings (SSSR count). The Morgan fingerprint density at radius 1 is 1.22 bits per heavy atom. The summed E-state index contributed by atoms with van der Waals surface area (Å²) in [4.78, 5) is 19.7. The average Bonchev–Trinajstić information content (AvgIpc) is 3.70. The van der Waals surface area contributed by atoms with E-state index in [0.29, 0.717) is 19.4 Å². The predicted octanol–water partition coefficient (Wildman–Crippen LogP) is 3.53. The number of carbonyl (C=O) groups is 1. The normalized spacial score (nSPS) is 22.9. The molecule has 1 amide bonds. The first-order valence-corrected chi connectivity index (χ1v) is 13.1. The zero-order chi connectivity index (χ0) is 25.1. The van der Waals surface area contributed by atoms with Crippen LogP contribution in [0.15, 0.2) is 36.7 Å². The second kappa shape index (κ2) is 8.69. The summed E-state index contributed by atoms with van der Waals surface area (Å²) >= 11 is 0. The first-order valence-electron chi connectivity index (χ1n) is 13.1. The van der Waals surface area contributed by atoms with Crippen LogP contribution in [0.2, 0.25) is 0 Å². The highest BCUT2D eigenvalue weighted by atomic mass is 16.5. The lowest BCUT2D eigenvalue weighted by Crippen LogP contribution is -2.42. The quantitative estimate of drug-likeness (QED) is 0.436. The zero-order valence-electron chi connectivity index (χ0n) is 20.9. The number of pyridine rings is 1. The van der Waals surface area contributed by atoms with Gasteiger partial charge in [0.25, 0.3) is 0 Å². The van der Waals surface area contributed by atoms with Crippen LogP contribution in [0.25, 0.3) is 33.5 Å². The molecular weight excluding hydrogens is 468 g/mol. The van der Waals surface area contributed by atoms with Crippen molar-refractivity contribution in [2.24, 2.45) is 5.92 Å². The molecule has 9 heteroatoms. The average molecular weight is 499 g/mol. The number of aliphatic hydroxyl groups is 1. The van der Waals surface area contributed by atoms with Gasteiger partial charge in [0.15, 0.2) is 0 Å². The number of aromatic amines is 1. The Morgan fingerprint density at radius 2 is 2.11 bits per heavy atom. The van der Waals surface area contributed by atoms with E-state index in [2.05, 4.69) is 33.5 Å². The number of amides is 1. The Kier molecular flexibility index (Phi) is 5.28. The number of rotatable bonds is 5. The minimum Gasteiger partial charge on any atom is -0.494 e. The molecule has 2 N–H and O–H groups in total. The van der Waals surface area contributed by atoms with Gasteiger partial charge in [-0.1, -0.05) is 18.2 Å².